The van der Waals surface area contributed by atoms with E-state index in [2.05, 4.69) is 20.6 Å². The third-order valence-electron chi connectivity index (χ3n) is 6.25. The Bertz CT molecular complexity index is 1060. The molecule has 2 N–H and O–H groups in total. The van der Waals surface area contributed by atoms with Gasteiger partial charge in [-0.2, -0.15) is 0 Å². The molecule has 0 saturated heterocycles. The van der Waals surface area contributed by atoms with Gasteiger partial charge in [-0.15, -0.1) is 0 Å². The number of carbonyl (C=O) groups is 2. The molecule has 0 bridgehead atoms. The summed E-state index contributed by atoms with van der Waals surface area (Å²) in [4.78, 5) is 36.0. The first-order chi connectivity index (χ1) is 14.8. The first-order valence-corrected chi connectivity index (χ1v) is 10.7. The molecule has 1 spiro atoms. The molecule has 2 amide bonds. The van der Waals surface area contributed by atoms with Crippen LogP contribution in [-0.2, 0) is 27.8 Å². The molecule has 2 aliphatic rings. The predicted molar refractivity (Wildman–Crippen MR) is 121 cm³/mol. The lowest BCUT2D eigenvalue weighted by molar-refractivity contribution is -0.135. The van der Waals surface area contributed by atoms with Gasteiger partial charge in [0.1, 0.15) is 5.82 Å². The number of rotatable bonds is 6. The molecule has 162 valence electrons. The monoisotopic (exact) mass is 419 g/mol. The molecule has 0 radical (unpaired) electrons. The molecule has 0 aromatic carbocycles. The van der Waals surface area contributed by atoms with Crippen molar-refractivity contribution in [3.05, 3.63) is 59.1 Å². The average Bonchev–Trinajstić information content (AvgIpc) is 3.25. The van der Waals surface area contributed by atoms with Crippen molar-refractivity contribution in [1.29, 1.82) is 0 Å². The second-order valence-corrected chi connectivity index (χ2v) is 8.91. The number of nitrogens with zero attached hydrogens (tertiary/aromatic N) is 3. The Balaban J connectivity index is 1.46. The molecular weight excluding hydrogens is 390 g/mol. The smallest absolute Gasteiger partial charge is 0.242 e. The van der Waals surface area contributed by atoms with E-state index in [-0.39, 0.29) is 11.8 Å². The second kappa shape index (κ2) is 7.89. The third-order valence-corrected chi connectivity index (χ3v) is 6.25. The van der Waals surface area contributed by atoms with Gasteiger partial charge in [0.25, 0.3) is 0 Å². The molecule has 1 unspecified atom stereocenters. The van der Waals surface area contributed by atoms with E-state index in [0.717, 1.165) is 28.9 Å². The molecular formula is C24H29N5O2. The standard InChI is InChI=1S/C24H29N5O2/c1-5-27-23(2,3)22(31)29(4)11-7-8-18-12-16-13-24(14-17(16)15-26-18)19-9-6-10-25-20(19)28-21(24)30/h6-10,12,15,27H,5,11,13-14H2,1-4H3,(H,25,28,30)/b8-7+. The highest BCUT2D eigenvalue weighted by atomic mass is 16.2. The normalized spacial score (nSPS) is 19.5. The van der Waals surface area contributed by atoms with Crippen LogP contribution in [0.25, 0.3) is 6.08 Å². The van der Waals surface area contributed by atoms with Crippen LogP contribution in [0.2, 0.25) is 0 Å². The summed E-state index contributed by atoms with van der Waals surface area (Å²) in [5, 5.41) is 6.14. The highest BCUT2D eigenvalue weighted by molar-refractivity contribution is 6.06. The maximum Gasteiger partial charge on any atom is 0.242 e. The number of aromatic nitrogens is 2. The van der Waals surface area contributed by atoms with Gasteiger partial charge in [0.05, 0.1) is 16.6 Å². The zero-order valence-corrected chi connectivity index (χ0v) is 18.5. The van der Waals surface area contributed by atoms with Gasteiger partial charge in [-0.1, -0.05) is 19.1 Å². The van der Waals surface area contributed by atoms with E-state index in [1.807, 2.05) is 57.3 Å². The Morgan fingerprint density at radius 1 is 1.32 bits per heavy atom. The number of fused-ring (bicyclic) bond motifs is 3. The summed E-state index contributed by atoms with van der Waals surface area (Å²) in [5.74, 6) is 0.724. The first kappa shape index (κ1) is 21.2. The van der Waals surface area contributed by atoms with Crippen LogP contribution in [0.1, 0.15) is 43.2 Å². The molecule has 0 saturated carbocycles. The maximum absolute atomic E-state index is 12.8. The topological polar surface area (TPSA) is 87.2 Å². The van der Waals surface area contributed by atoms with Crippen molar-refractivity contribution in [2.75, 3.05) is 25.5 Å². The Morgan fingerprint density at radius 3 is 2.87 bits per heavy atom. The zero-order valence-electron chi connectivity index (χ0n) is 18.5. The Morgan fingerprint density at radius 2 is 2.10 bits per heavy atom. The minimum atomic E-state index is -0.593. The summed E-state index contributed by atoms with van der Waals surface area (Å²) < 4.78 is 0. The van der Waals surface area contributed by atoms with Crippen molar-refractivity contribution < 1.29 is 9.59 Å². The molecule has 3 heterocycles. The highest BCUT2D eigenvalue weighted by Gasteiger charge is 2.51. The van der Waals surface area contributed by atoms with E-state index < -0.39 is 11.0 Å². The van der Waals surface area contributed by atoms with Crippen LogP contribution in [0.5, 0.6) is 0 Å². The number of anilines is 1. The fourth-order valence-corrected chi connectivity index (χ4v) is 4.67. The maximum atomic E-state index is 12.8. The molecule has 7 nitrogen and oxygen atoms in total. The van der Waals surface area contributed by atoms with E-state index in [1.54, 1.807) is 18.1 Å². The van der Waals surface area contributed by atoms with Gasteiger partial charge >= 0.3 is 0 Å². The van der Waals surface area contributed by atoms with Crippen molar-refractivity contribution in [2.45, 2.75) is 44.6 Å². The molecule has 1 aliphatic carbocycles. The van der Waals surface area contributed by atoms with Crippen molar-refractivity contribution in [2.24, 2.45) is 0 Å². The molecule has 1 atom stereocenters. The van der Waals surface area contributed by atoms with Gasteiger partial charge in [-0.3, -0.25) is 14.6 Å². The zero-order chi connectivity index (χ0) is 22.2. The SMILES string of the molecule is CCNC(C)(C)C(=O)N(C)C/C=C/c1cc2c(cn1)CC1(C2)C(=O)Nc2ncccc21. The molecule has 2 aromatic rings. The van der Waals surface area contributed by atoms with Crippen molar-refractivity contribution in [3.8, 4) is 0 Å². The minimum absolute atomic E-state index is 0.0120. The molecule has 7 heteroatoms. The van der Waals surface area contributed by atoms with E-state index in [1.165, 1.54) is 0 Å². The lowest BCUT2D eigenvalue weighted by Crippen LogP contribution is -2.53. The first-order valence-electron chi connectivity index (χ1n) is 10.7. The summed E-state index contributed by atoms with van der Waals surface area (Å²) in [6.45, 7) is 7.01. The number of carbonyl (C=O) groups excluding carboxylic acids is 2. The third kappa shape index (κ3) is 3.74. The van der Waals surface area contributed by atoms with Gasteiger partial charge in [-0.25, -0.2) is 4.98 Å². The van der Waals surface area contributed by atoms with Crippen LogP contribution < -0.4 is 10.6 Å². The van der Waals surface area contributed by atoms with E-state index in [4.69, 9.17) is 0 Å². The van der Waals surface area contributed by atoms with E-state index in [0.29, 0.717) is 25.2 Å². The van der Waals surface area contributed by atoms with Crippen LogP contribution >= 0.6 is 0 Å². The quantitative estimate of drug-likeness (QED) is 0.750. The van der Waals surface area contributed by atoms with E-state index in [9.17, 15) is 9.59 Å². The van der Waals surface area contributed by atoms with Crippen LogP contribution in [0.15, 0.2) is 36.7 Å². The van der Waals surface area contributed by atoms with Gasteiger partial charge in [-0.05, 0) is 62.6 Å². The molecule has 2 aromatic heterocycles. The Labute approximate surface area is 183 Å². The van der Waals surface area contributed by atoms with Crippen molar-refractivity contribution in [3.63, 3.8) is 0 Å². The van der Waals surface area contributed by atoms with Gasteiger partial charge in [0.15, 0.2) is 0 Å². The molecule has 4 rings (SSSR count). The number of amides is 2. The number of nitrogens with one attached hydrogen (secondary N) is 2. The summed E-state index contributed by atoms with van der Waals surface area (Å²) >= 11 is 0. The summed E-state index contributed by atoms with van der Waals surface area (Å²) in [6, 6.07) is 5.92. The van der Waals surface area contributed by atoms with Crippen LogP contribution in [0, 0.1) is 0 Å². The van der Waals surface area contributed by atoms with Gasteiger partial charge in [0.2, 0.25) is 11.8 Å². The number of hydrogen-bond acceptors (Lipinski definition) is 5. The van der Waals surface area contributed by atoms with Crippen LogP contribution in [0.3, 0.4) is 0 Å². The van der Waals surface area contributed by atoms with Crippen molar-refractivity contribution >= 4 is 23.7 Å². The van der Waals surface area contributed by atoms with Gasteiger partial charge < -0.3 is 15.5 Å². The summed E-state index contributed by atoms with van der Waals surface area (Å²) in [7, 11) is 1.80. The summed E-state index contributed by atoms with van der Waals surface area (Å²) in [6.07, 6.45) is 8.73. The number of hydrogen-bond donors (Lipinski definition) is 2. The lowest BCUT2D eigenvalue weighted by atomic mass is 9.79. The van der Waals surface area contributed by atoms with Gasteiger partial charge in [0, 0.05) is 31.5 Å². The van der Waals surface area contributed by atoms with E-state index >= 15 is 0 Å². The highest BCUT2D eigenvalue weighted by Crippen LogP contribution is 2.46. The molecule has 1 aliphatic heterocycles. The Kier molecular flexibility index (Phi) is 5.39. The van der Waals surface area contributed by atoms with Crippen LogP contribution in [0.4, 0.5) is 5.82 Å². The number of likely N-dealkylation sites (N-methyl/N-ethyl adjacent to an activating group) is 2. The Hall–Kier alpha value is -3.06. The molecule has 0 fully saturated rings. The largest absolute Gasteiger partial charge is 0.340 e. The predicted octanol–water partition coefficient (Wildman–Crippen LogP) is 2.32. The minimum Gasteiger partial charge on any atom is -0.340 e. The average molecular weight is 420 g/mol. The summed E-state index contributed by atoms with van der Waals surface area (Å²) in [5.41, 5.74) is 2.86. The second-order valence-electron chi connectivity index (χ2n) is 8.91. The van der Waals surface area contributed by atoms with Crippen LogP contribution in [-0.4, -0.2) is 52.4 Å². The fraction of sp³-hybridized carbons (Fsp3) is 0.417. The molecule has 31 heavy (non-hydrogen) atoms. The lowest BCUT2D eigenvalue weighted by Gasteiger charge is -2.29. The fourth-order valence-electron chi connectivity index (χ4n) is 4.67. The number of pyridine rings is 2. The van der Waals surface area contributed by atoms with Crippen molar-refractivity contribution in [1.82, 2.24) is 20.2 Å².